The maximum absolute atomic E-state index is 11.2. The number of carbonyl (C=O) groups excluding carboxylic acids is 1. The number of unbranched alkanes of at least 4 members (excludes halogenated alkanes) is 3. The van der Waals surface area contributed by atoms with Crippen LogP contribution in [-0.4, -0.2) is 25.7 Å². The normalized spacial score (nSPS) is 10.7. The number of carbonyl (C=O) groups is 1. The summed E-state index contributed by atoms with van der Waals surface area (Å²) < 4.78 is 5.07. The number of nitrogens with one attached hydrogen (secondary N) is 1. The third kappa shape index (κ3) is 11.4. The van der Waals surface area contributed by atoms with Crippen LogP contribution in [0.2, 0.25) is 0 Å². The fourth-order valence-electron chi connectivity index (χ4n) is 1.23. The highest BCUT2D eigenvalue weighted by Gasteiger charge is 2.02. The molecule has 0 saturated heterocycles. The van der Waals surface area contributed by atoms with Gasteiger partial charge in [0.25, 0.3) is 0 Å². The standard InChI is InChI=1S/C12H25NO2/c1-4-5-6-7-8-15-12(14)10-13-9-11(2)3/h11,13H,4-10H2,1-3H3. The maximum Gasteiger partial charge on any atom is 0.319 e. The zero-order chi connectivity index (χ0) is 11.5. The van der Waals surface area contributed by atoms with Gasteiger partial charge < -0.3 is 10.1 Å². The molecule has 0 radical (unpaired) electrons. The predicted octanol–water partition coefficient (Wildman–Crippen LogP) is 2.36. The lowest BCUT2D eigenvalue weighted by Gasteiger charge is -2.07. The largest absolute Gasteiger partial charge is 0.465 e. The van der Waals surface area contributed by atoms with Gasteiger partial charge in [0.1, 0.15) is 0 Å². The molecule has 0 unspecified atom stereocenters. The van der Waals surface area contributed by atoms with Crippen LogP contribution in [0.15, 0.2) is 0 Å². The zero-order valence-electron chi connectivity index (χ0n) is 10.3. The van der Waals surface area contributed by atoms with Gasteiger partial charge in [0, 0.05) is 0 Å². The summed E-state index contributed by atoms with van der Waals surface area (Å²) in [5, 5.41) is 3.06. The van der Waals surface area contributed by atoms with E-state index in [4.69, 9.17) is 4.74 Å². The summed E-state index contributed by atoms with van der Waals surface area (Å²) in [5.74, 6) is 0.439. The highest BCUT2D eigenvalue weighted by atomic mass is 16.5. The molecule has 0 aliphatic carbocycles. The maximum atomic E-state index is 11.2. The highest BCUT2D eigenvalue weighted by Crippen LogP contribution is 1.98. The van der Waals surface area contributed by atoms with E-state index in [1.165, 1.54) is 12.8 Å². The Morgan fingerprint density at radius 1 is 1.27 bits per heavy atom. The van der Waals surface area contributed by atoms with Crippen LogP contribution < -0.4 is 5.32 Å². The van der Waals surface area contributed by atoms with Crippen molar-refractivity contribution in [3.05, 3.63) is 0 Å². The van der Waals surface area contributed by atoms with Gasteiger partial charge in [-0.25, -0.2) is 0 Å². The van der Waals surface area contributed by atoms with Crippen molar-refractivity contribution in [1.82, 2.24) is 5.32 Å². The van der Waals surface area contributed by atoms with Crippen molar-refractivity contribution in [1.29, 1.82) is 0 Å². The molecule has 0 rings (SSSR count). The lowest BCUT2D eigenvalue weighted by molar-refractivity contribution is -0.142. The number of rotatable bonds is 9. The fraction of sp³-hybridized carbons (Fsp3) is 0.917. The Morgan fingerprint density at radius 3 is 2.60 bits per heavy atom. The molecular formula is C12H25NO2. The molecule has 0 bridgehead atoms. The summed E-state index contributed by atoms with van der Waals surface area (Å²) in [7, 11) is 0. The zero-order valence-corrected chi connectivity index (χ0v) is 10.3. The van der Waals surface area contributed by atoms with Crippen molar-refractivity contribution in [2.75, 3.05) is 19.7 Å². The average Bonchev–Trinajstić information content (AvgIpc) is 2.17. The molecule has 15 heavy (non-hydrogen) atoms. The minimum Gasteiger partial charge on any atom is -0.465 e. The summed E-state index contributed by atoms with van der Waals surface area (Å²) >= 11 is 0. The van der Waals surface area contributed by atoms with Crippen molar-refractivity contribution in [2.24, 2.45) is 5.92 Å². The third-order valence-electron chi connectivity index (χ3n) is 2.08. The van der Waals surface area contributed by atoms with Crippen LogP contribution in [0.3, 0.4) is 0 Å². The number of hydrogen-bond acceptors (Lipinski definition) is 3. The van der Waals surface area contributed by atoms with Crippen LogP contribution in [-0.2, 0) is 9.53 Å². The van der Waals surface area contributed by atoms with Gasteiger partial charge in [0.2, 0.25) is 0 Å². The molecule has 0 atom stereocenters. The highest BCUT2D eigenvalue weighted by molar-refractivity contribution is 5.71. The Kier molecular flexibility index (Phi) is 9.59. The monoisotopic (exact) mass is 215 g/mol. The van der Waals surface area contributed by atoms with E-state index in [1.807, 2.05) is 0 Å². The average molecular weight is 215 g/mol. The quantitative estimate of drug-likeness (QED) is 0.474. The first-order valence-corrected chi connectivity index (χ1v) is 6.03. The second-order valence-corrected chi connectivity index (χ2v) is 4.31. The van der Waals surface area contributed by atoms with Crippen LogP contribution >= 0.6 is 0 Å². The summed E-state index contributed by atoms with van der Waals surface area (Å²) in [6.45, 7) is 8.17. The Balaban J connectivity index is 3.19. The second kappa shape index (κ2) is 9.97. The lowest BCUT2D eigenvalue weighted by Crippen LogP contribution is -2.28. The van der Waals surface area contributed by atoms with Gasteiger partial charge in [-0.1, -0.05) is 40.0 Å². The smallest absolute Gasteiger partial charge is 0.319 e. The van der Waals surface area contributed by atoms with Gasteiger partial charge in [0.15, 0.2) is 0 Å². The molecule has 0 aromatic heterocycles. The lowest BCUT2D eigenvalue weighted by atomic mass is 10.2. The Morgan fingerprint density at radius 2 is 2.00 bits per heavy atom. The minimum absolute atomic E-state index is 0.132. The summed E-state index contributed by atoms with van der Waals surface area (Å²) in [4.78, 5) is 11.2. The minimum atomic E-state index is -0.132. The van der Waals surface area contributed by atoms with Crippen molar-refractivity contribution in [2.45, 2.75) is 46.5 Å². The van der Waals surface area contributed by atoms with E-state index in [2.05, 4.69) is 26.1 Å². The van der Waals surface area contributed by atoms with E-state index >= 15 is 0 Å². The van der Waals surface area contributed by atoms with Crippen LogP contribution in [0.25, 0.3) is 0 Å². The van der Waals surface area contributed by atoms with Crippen LogP contribution in [0.4, 0.5) is 0 Å². The molecule has 0 aliphatic heterocycles. The molecular weight excluding hydrogens is 190 g/mol. The topological polar surface area (TPSA) is 38.3 Å². The molecule has 0 aromatic rings. The third-order valence-corrected chi connectivity index (χ3v) is 2.08. The van der Waals surface area contributed by atoms with Gasteiger partial charge in [-0.2, -0.15) is 0 Å². The molecule has 3 nitrogen and oxygen atoms in total. The van der Waals surface area contributed by atoms with E-state index in [0.29, 0.717) is 19.1 Å². The van der Waals surface area contributed by atoms with Crippen molar-refractivity contribution >= 4 is 5.97 Å². The Bertz CT molecular complexity index is 158. The number of esters is 1. The van der Waals surface area contributed by atoms with Crippen LogP contribution in [0, 0.1) is 5.92 Å². The van der Waals surface area contributed by atoms with E-state index in [-0.39, 0.29) is 5.97 Å². The molecule has 0 saturated carbocycles. The van der Waals surface area contributed by atoms with E-state index in [1.54, 1.807) is 0 Å². The second-order valence-electron chi connectivity index (χ2n) is 4.31. The van der Waals surface area contributed by atoms with Crippen LogP contribution in [0.5, 0.6) is 0 Å². The van der Waals surface area contributed by atoms with E-state index < -0.39 is 0 Å². The molecule has 0 amide bonds. The van der Waals surface area contributed by atoms with Gasteiger partial charge in [0.05, 0.1) is 13.2 Å². The van der Waals surface area contributed by atoms with Gasteiger partial charge in [-0.15, -0.1) is 0 Å². The van der Waals surface area contributed by atoms with Crippen molar-refractivity contribution in [3.8, 4) is 0 Å². The first-order valence-electron chi connectivity index (χ1n) is 6.03. The number of hydrogen-bond donors (Lipinski definition) is 1. The first kappa shape index (κ1) is 14.4. The molecule has 3 heteroatoms. The molecule has 0 fully saturated rings. The summed E-state index contributed by atoms with van der Waals surface area (Å²) in [6, 6.07) is 0. The molecule has 0 aliphatic rings. The van der Waals surface area contributed by atoms with Gasteiger partial charge >= 0.3 is 5.97 Å². The van der Waals surface area contributed by atoms with Gasteiger partial charge in [-0.3, -0.25) is 4.79 Å². The summed E-state index contributed by atoms with van der Waals surface area (Å²) in [5.41, 5.74) is 0. The van der Waals surface area contributed by atoms with E-state index in [9.17, 15) is 4.79 Å². The SMILES string of the molecule is CCCCCCOC(=O)CNCC(C)C. The number of ether oxygens (including phenoxy) is 1. The first-order chi connectivity index (χ1) is 7.16. The summed E-state index contributed by atoms with van der Waals surface area (Å²) in [6.07, 6.45) is 4.58. The van der Waals surface area contributed by atoms with Crippen LogP contribution in [0.1, 0.15) is 46.5 Å². The predicted molar refractivity (Wildman–Crippen MR) is 62.8 cm³/mol. The fourth-order valence-corrected chi connectivity index (χ4v) is 1.23. The molecule has 1 N–H and O–H groups in total. The van der Waals surface area contributed by atoms with Gasteiger partial charge in [-0.05, 0) is 18.9 Å². The molecule has 0 spiro atoms. The molecule has 0 heterocycles. The molecule has 90 valence electrons. The molecule has 0 aromatic carbocycles. The van der Waals surface area contributed by atoms with Crippen molar-refractivity contribution in [3.63, 3.8) is 0 Å². The Labute approximate surface area is 93.6 Å². The Hall–Kier alpha value is -0.570. The van der Waals surface area contributed by atoms with E-state index in [0.717, 1.165) is 19.4 Å². The van der Waals surface area contributed by atoms with Crippen molar-refractivity contribution < 1.29 is 9.53 Å².